The highest BCUT2D eigenvalue weighted by atomic mass is 16.5. The second-order valence-corrected chi connectivity index (χ2v) is 4.33. The monoisotopic (exact) mass is 253 g/mol. The van der Waals surface area contributed by atoms with E-state index in [2.05, 4.69) is 15.6 Å². The maximum atomic E-state index is 11.4. The first-order valence-electron chi connectivity index (χ1n) is 6.37. The molecule has 0 atom stereocenters. The molecule has 2 N–H and O–H groups in total. The first-order chi connectivity index (χ1) is 8.79. The van der Waals surface area contributed by atoms with Crippen LogP contribution in [0.25, 0.3) is 0 Å². The van der Waals surface area contributed by atoms with Gasteiger partial charge in [-0.3, -0.25) is 0 Å². The Bertz CT molecular complexity index is 386. The summed E-state index contributed by atoms with van der Waals surface area (Å²) in [6.45, 7) is 5.04. The molecule has 1 fully saturated rings. The fourth-order valence-corrected chi connectivity index (χ4v) is 1.97. The third-order valence-corrected chi connectivity index (χ3v) is 2.99. The van der Waals surface area contributed by atoms with Gasteiger partial charge in [-0.15, -0.1) is 0 Å². The third-order valence-electron chi connectivity index (χ3n) is 2.99. The molecule has 0 aromatic carbocycles. The van der Waals surface area contributed by atoms with Crippen molar-refractivity contribution in [3.05, 3.63) is 12.0 Å². The summed E-state index contributed by atoms with van der Waals surface area (Å²) in [7, 11) is 0. The SMILES string of the molecule is CCOC(=O)c1coc(NCC2CCNCC2)n1. The molecule has 0 spiro atoms. The molecule has 0 radical (unpaired) electrons. The van der Waals surface area contributed by atoms with E-state index in [1.165, 1.54) is 6.26 Å². The van der Waals surface area contributed by atoms with E-state index in [-0.39, 0.29) is 5.69 Å². The second kappa shape index (κ2) is 6.39. The largest absolute Gasteiger partial charge is 0.461 e. The standard InChI is InChI=1S/C12H19N3O3/c1-2-17-11(16)10-8-18-12(15-10)14-7-9-3-5-13-6-4-9/h8-9,13H,2-7H2,1H3,(H,14,15). The van der Waals surface area contributed by atoms with Crippen LogP contribution >= 0.6 is 0 Å². The molecule has 1 aromatic heterocycles. The Morgan fingerprint density at radius 3 is 3.11 bits per heavy atom. The van der Waals surface area contributed by atoms with E-state index in [0.29, 0.717) is 18.5 Å². The van der Waals surface area contributed by atoms with Crippen molar-refractivity contribution >= 4 is 12.0 Å². The average molecular weight is 253 g/mol. The summed E-state index contributed by atoms with van der Waals surface area (Å²) in [5.41, 5.74) is 0.213. The number of oxazole rings is 1. The van der Waals surface area contributed by atoms with E-state index in [4.69, 9.17) is 9.15 Å². The minimum atomic E-state index is -0.448. The predicted molar refractivity (Wildman–Crippen MR) is 66.5 cm³/mol. The molecule has 0 aliphatic carbocycles. The zero-order valence-electron chi connectivity index (χ0n) is 10.6. The highest BCUT2D eigenvalue weighted by molar-refractivity contribution is 5.87. The zero-order chi connectivity index (χ0) is 12.8. The molecule has 1 aromatic rings. The second-order valence-electron chi connectivity index (χ2n) is 4.33. The number of piperidine rings is 1. The zero-order valence-corrected chi connectivity index (χ0v) is 10.6. The number of hydrogen-bond acceptors (Lipinski definition) is 6. The Hall–Kier alpha value is -1.56. The third kappa shape index (κ3) is 3.46. The topological polar surface area (TPSA) is 76.4 Å². The van der Waals surface area contributed by atoms with Gasteiger partial charge in [-0.25, -0.2) is 4.79 Å². The molecule has 100 valence electrons. The number of carbonyl (C=O) groups excluding carboxylic acids is 1. The van der Waals surface area contributed by atoms with Crippen molar-refractivity contribution in [2.45, 2.75) is 19.8 Å². The lowest BCUT2D eigenvalue weighted by molar-refractivity contribution is 0.0519. The van der Waals surface area contributed by atoms with Crippen LogP contribution in [0.4, 0.5) is 6.01 Å². The van der Waals surface area contributed by atoms with Gasteiger partial charge in [0.1, 0.15) is 6.26 Å². The van der Waals surface area contributed by atoms with E-state index >= 15 is 0 Å². The first-order valence-corrected chi connectivity index (χ1v) is 6.37. The molecular formula is C12H19N3O3. The number of anilines is 1. The number of nitrogens with one attached hydrogen (secondary N) is 2. The molecule has 2 heterocycles. The van der Waals surface area contributed by atoms with Crippen LogP contribution in [-0.4, -0.2) is 37.2 Å². The number of esters is 1. The van der Waals surface area contributed by atoms with Crippen molar-refractivity contribution in [3.63, 3.8) is 0 Å². The molecule has 1 aliphatic rings. The van der Waals surface area contributed by atoms with Crippen LogP contribution in [0, 0.1) is 5.92 Å². The number of aromatic nitrogens is 1. The van der Waals surface area contributed by atoms with Gasteiger partial charge in [-0.2, -0.15) is 4.98 Å². The van der Waals surface area contributed by atoms with Gasteiger partial charge < -0.3 is 19.8 Å². The number of ether oxygens (including phenoxy) is 1. The molecule has 1 saturated heterocycles. The lowest BCUT2D eigenvalue weighted by atomic mass is 9.98. The molecule has 6 nitrogen and oxygen atoms in total. The van der Waals surface area contributed by atoms with Crippen LogP contribution in [0.2, 0.25) is 0 Å². The Balaban J connectivity index is 1.80. The van der Waals surface area contributed by atoms with Crippen molar-refractivity contribution in [1.82, 2.24) is 10.3 Å². The van der Waals surface area contributed by atoms with Gasteiger partial charge in [-0.05, 0) is 38.8 Å². The van der Waals surface area contributed by atoms with Gasteiger partial charge in [0.2, 0.25) is 0 Å². The Kier molecular flexibility index (Phi) is 4.58. The molecule has 6 heteroatoms. The lowest BCUT2D eigenvalue weighted by Crippen LogP contribution is -2.31. The average Bonchev–Trinajstić information content (AvgIpc) is 2.87. The Morgan fingerprint density at radius 1 is 1.61 bits per heavy atom. The Morgan fingerprint density at radius 2 is 2.39 bits per heavy atom. The van der Waals surface area contributed by atoms with Crippen molar-refractivity contribution in [2.75, 3.05) is 31.6 Å². The summed E-state index contributed by atoms with van der Waals surface area (Å²) < 4.78 is 10.0. The summed E-state index contributed by atoms with van der Waals surface area (Å²) in [6, 6.07) is 0.386. The molecule has 0 bridgehead atoms. The van der Waals surface area contributed by atoms with Crippen molar-refractivity contribution in [2.24, 2.45) is 5.92 Å². The quantitative estimate of drug-likeness (QED) is 0.769. The molecule has 0 amide bonds. The summed E-state index contributed by atoms with van der Waals surface area (Å²) in [4.78, 5) is 15.4. The summed E-state index contributed by atoms with van der Waals surface area (Å²) in [6.07, 6.45) is 3.62. The number of nitrogens with zero attached hydrogens (tertiary/aromatic N) is 1. The van der Waals surface area contributed by atoms with Crippen LogP contribution in [0.5, 0.6) is 0 Å². The van der Waals surface area contributed by atoms with Crippen LogP contribution in [0.1, 0.15) is 30.3 Å². The van der Waals surface area contributed by atoms with Crippen LogP contribution in [-0.2, 0) is 4.74 Å². The van der Waals surface area contributed by atoms with Gasteiger partial charge in [0.25, 0.3) is 6.01 Å². The Labute approximate surface area is 106 Å². The van der Waals surface area contributed by atoms with Gasteiger partial charge >= 0.3 is 5.97 Å². The van der Waals surface area contributed by atoms with Crippen molar-refractivity contribution in [1.29, 1.82) is 0 Å². The lowest BCUT2D eigenvalue weighted by Gasteiger charge is -2.22. The maximum absolute atomic E-state index is 11.4. The van der Waals surface area contributed by atoms with E-state index in [9.17, 15) is 4.79 Å². The number of carbonyl (C=O) groups is 1. The molecule has 0 unspecified atom stereocenters. The smallest absolute Gasteiger partial charge is 0.360 e. The molecular weight excluding hydrogens is 234 g/mol. The van der Waals surface area contributed by atoms with E-state index in [1.54, 1.807) is 6.92 Å². The van der Waals surface area contributed by atoms with E-state index in [0.717, 1.165) is 32.5 Å². The summed E-state index contributed by atoms with van der Waals surface area (Å²) in [5, 5.41) is 6.44. The predicted octanol–water partition coefficient (Wildman–Crippen LogP) is 1.26. The van der Waals surface area contributed by atoms with Crippen LogP contribution in [0.3, 0.4) is 0 Å². The first kappa shape index (κ1) is 12.9. The van der Waals surface area contributed by atoms with E-state index in [1.807, 2.05) is 0 Å². The highest BCUT2D eigenvalue weighted by Crippen LogP contribution is 2.14. The summed E-state index contributed by atoms with van der Waals surface area (Å²) >= 11 is 0. The number of hydrogen-bond donors (Lipinski definition) is 2. The molecule has 18 heavy (non-hydrogen) atoms. The van der Waals surface area contributed by atoms with E-state index < -0.39 is 5.97 Å². The van der Waals surface area contributed by atoms with Crippen molar-refractivity contribution in [3.8, 4) is 0 Å². The van der Waals surface area contributed by atoms with Gasteiger partial charge in [0, 0.05) is 6.54 Å². The molecule has 2 rings (SSSR count). The summed E-state index contributed by atoms with van der Waals surface area (Å²) in [5.74, 6) is 0.181. The van der Waals surface area contributed by atoms with Gasteiger partial charge in [0.05, 0.1) is 6.61 Å². The molecule has 1 aliphatic heterocycles. The highest BCUT2D eigenvalue weighted by Gasteiger charge is 2.16. The van der Waals surface area contributed by atoms with Gasteiger partial charge in [-0.1, -0.05) is 0 Å². The van der Waals surface area contributed by atoms with Crippen LogP contribution in [0.15, 0.2) is 10.7 Å². The fourth-order valence-electron chi connectivity index (χ4n) is 1.97. The maximum Gasteiger partial charge on any atom is 0.360 e. The van der Waals surface area contributed by atoms with Crippen LogP contribution < -0.4 is 10.6 Å². The fraction of sp³-hybridized carbons (Fsp3) is 0.667. The number of rotatable bonds is 5. The minimum absolute atomic E-state index is 0.213. The van der Waals surface area contributed by atoms with Crippen molar-refractivity contribution < 1.29 is 13.9 Å². The molecule has 0 saturated carbocycles. The van der Waals surface area contributed by atoms with Gasteiger partial charge in [0.15, 0.2) is 5.69 Å². The minimum Gasteiger partial charge on any atom is -0.461 e. The normalized spacial score (nSPS) is 16.5.